The maximum Gasteiger partial charge on any atom is 0.161 e. The fourth-order valence-electron chi connectivity index (χ4n) is 2.25. The van der Waals surface area contributed by atoms with Gasteiger partial charge in [-0.2, -0.15) is 0 Å². The summed E-state index contributed by atoms with van der Waals surface area (Å²) in [5, 5.41) is 0. The lowest BCUT2D eigenvalue weighted by Crippen LogP contribution is -2.17. The van der Waals surface area contributed by atoms with E-state index in [2.05, 4.69) is 24.1 Å². The number of fused-ring (bicyclic) bond motifs is 1. The van der Waals surface area contributed by atoms with Crippen LogP contribution in [0, 0.1) is 0 Å². The first kappa shape index (κ1) is 11.3. The predicted octanol–water partition coefficient (Wildman–Crippen LogP) is 2.08. The summed E-state index contributed by atoms with van der Waals surface area (Å²) in [4.78, 5) is 2.34. The topological polar surface area (TPSA) is 21.7 Å². The van der Waals surface area contributed by atoms with Gasteiger partial charge in [-0.1, -0.05) is 0 Å². The number of benzene rings is 1. The fourth-order valence-corrected chi connectivity index (χ4v) is 2.25. The van der Waals surface area contributed by atoms with Gasteiger partial charge in [-0.05, 0) is 49.7 Å². The molecule has 16 heavy (non-hydrogen) atoms. The van der Waals surface area contributed by atoms with Crippen LogP contribution in [0.5, 0.6) is 11.5 Å². The van der Waals surface area contributed by atoms with E-state index in [9.17, 15) is 0 Å². The van der Waals surface area contributed by atoms with E-state index in [4.69, 9.17) is 9.47 Å². The molecule has 0 atom stereocenters. The van der Waals surface area contributed by atoms with E-state index in [-0.39, 0.29) is 0 Å². The molecule has 0 aromatic heterocycles. The molecule has 3 heteroatoms. The Morgan fingerprint density at radius 2 is 1.69 bits per heavy atom. The molecule has 2 rings (SSSR count). The smallest absolute Gasteiger partial charge is 0.161 e. The molecular weight excluding hydrogens is 202 g/mol. The predicted molar refractivity (Wildman–Crippen MR) is 64.2 cm³/mol. The average Bonchev–Trinajstić information content (AvgIpc) is 2.47. The number of ether oxygens (including phenoxy) is 2. The molecule has 0 radical (unpaired) electrons. The number of rotatable bonds is 2. The Balaban J connectivity index is 2.41. The van der Waals surface area contributed by atoms with E-state index >= 15 is 0 Å². The zero-order valence-electron chi connectivity index (χ0n) is 10.2. The van der Waals surface area contributed by atoms with E-state index in [1.807, 2.05) is 0 Å². The Labute approximate surface area is 97.0 Å². The highest BCUT2D eigenvalue weighted by Crippen LogP contribution is 2.32. The highest BCUT2D eigenvalue weighted by atomic mass is 16.5. The number of hydrogen-bond acceptors (Lipinski definition) is 3. The molecule has 0 bridgehead atoms. The maximum absolute atomic E-state index is 5.33. The van der Waals surface area contributed by atoms with Crippen molar-refractivity contribution in [2.45, 2.75) is 19.4 Å². The molecule has 1 aromatic carbocycles. The van der Waals surface area contributed by atoms with Gasteiger partial charge in [0.15, 0.2) is 11.5 Å². The van der Waals surface area contributed by atoms with Crippen LogP contribution in [0.25, 0.3) is 0 Å². The van der Waals surface area contributed by atoms with Gasteiger partial charge < -0.3 is 14.4 Å². The molecule has 1 aliphatic heterocycles. The van der Waals surface area contributed by atoms with Crippen molar-refractivity contribution in [2.24, 2.45) is 0 Å². The van der Waals surface area contributed by atoms with Crippen molar-refractivity contribution >= 4 is 0 Å². The Morgan fingerprint density at radius 1 is 1.06 bits per heavy atom. The largest absolute Gasteiger partial charge is 0.493 e. The van der Waals surface area contributed by atoms with Crippen molar-refractivity contribution < 1.29 is 9.47 Å². The van der Waals surface area contributed by atoms with Crippen LogP contribution in [0.1, 0.15) is 17.5 Å². The lowest BCUT2D eigenvalue weighted by Gasteiger charge is -2.15. The molecule has 0 amide bonds. The summed E-state index contributed by atoms with van der Waals surface area (Å²) in [5.41, 5.74) is 2.75. The zero-order chi connectivity index (χ0) is 11.5. The second kappa shape index (κ2) is 4.74. The van der Waals surface area contributed by atoms with E-state index in [1.54, 1.807) is 14.2 Å². The summed E-state index contributed by atoms with van der Waals surface area (Å²) in [6.07, 6.45) is 2.33. The number of aryl methyl sites for hydroxylation is 1. The van der Waals surface area contributed by atoms with Gasteiger partial charge in [-0.3, -0.25) is 0 Å². The van der Waals surface area contributed by atoms with Gasteiger partial charge in [-0.15, -0.1) is 0 Å². The zero-order valence-corrected chi connectivity index (χ0v) is 10.2. The summed E-state index contributed by atoms with van der Waals surface area (Å²) < 4.78 is 10.7. The van der Waals surface area contributed by atoms with Crippen molar-refractivity contribution in [3.63, 3.8) is 0 Å². The molecule has 1 aromatic rings. The van der Waals surface area contributed by atoms with Crippen LogP contribution < -0.4 is 9.47 Å². The molecule has 1 aliphatic rings. The Bertz CT molecular complexity index is 376. The van der Waals surface area contributed by atoms with E-state index < -0.39 is 0 Å². The first-order valence-corrected chi connectivity index (χ1v) is 5.67. The summed E-state index contributed by atoms with van der Waals surface area (Å²) in [6, 6.07) is 4.23. The molecule has 0 spiro atoms. The third kappa shape index (κ3) is 2.14. The van der Waals surface area contributed by atoms with Crippen LogP contribution in [0.3, 0.4) is 0 Å². The lowest BCUT2D eigenvalue weighted by atomic mass is 10.0. The highest BCUT2D eigenvalue weighted by molar-refractivity contribution is 5.47. The van der Waals surface area contributed by atoms with Crippen molar-refractivity contribution in [3.05, 3.63) is 23.3 Å². The average molecular weight is 221 g/mol. The molecule has 0 saturated carbocycles. The standard InChI is InChI=1S/C13H19NO2/c1-14-6-4-5-10-7-12(15-2)13(16-3)8-11(10)9-14/h7-8H,4-6,9H2,1-3H3. The van der Waals surface area contributed by atoms with Crippen LogP contribution in [-0.4, -0.2) is 32.7 Å². The first-order valence-electron chi connectivity index (χ1n) is 5.67. The van der Waals surface area contributed by atoms with Gasteiger partial charge in [0, 0.05) is 6.54 Å². The number of nitrogens with zero attached hydrogens (tertiary/aromatic N) is 1. The minimum atomic E-state index is 0.830. The van der Waals surface area contributed by atoms with Gasteiger partial charge >= 0.3 is 0 Å². The normalized spacial score (nSPS) is 16.4. The van der Waals surface area contributed by atoms with Crippen LogP contribution >= 0.6 is 0 Å². The van der Waals surface area contributed by atoms with Crippen molar-refractivity contribution in [1.82, 2.24) is 4.90 Å². The quantitative estimate of drug-likeness (QED) is 0.763. The monoisotopic (exact) mass is 221 g/mol. The van der Waals surface area contributed by atoms with Crippen LogP contribution in [-0.2, 0) is 13.0 Å². The third-order valence-electron chi connectivity index (χ3n) is 3.13. The fraction of sp³-hybridized carbons (Fsp3) is 0.538. The first-order chi connectivity index (χ1) is 7.74. The van der Waals surface area contributed by atoms with Gasteiger partial charge in [0.1, 0.15) is 0 Å². The molecule has 0 aliphatic carbocycles. The molecule has 0 fully saturated rings. The summed E-state index contributed by atoms with van der Waals surface area (Å²) in [5.74, 6) is 1.67. The Morgan fingerprint density at radius 3 is 2.31 bits per heavy atom. The molecule has 0 unspecified atom stereocenters. The van der Waals surface area contributed by atoms with Gasteiger partial charge in [-0.25, -0.2) is 0 Å². The Kier molecular flexibility index (Phi) is 3.34. The van der Waals surface area contributed by atoms with Gasteiger partial charge in [0.25, 0.3) is 0 Å². The van der Waals surface area contributed by atoms with Crippen molar-refractivity contribution in [3.8, 4) is 11.5 Å². The minimum Gasteiger partial charge on any atom is -0.493 e. The highest BCUT2D eigenvalue weighted by Gasteiger charge is 2.15. The molecule has 0 N–H and O–H groups in total. The van der Waals surface area contributed by atoms with Crippen LogP contribution in [0.2, 0.25) is 0 Å². The van der Waals surface area contributed by atoms with Crippen LogP contribution in [0.4, 0.5) is 0 Å². The maximum atomic E-state index is 5.33. The van der Waals surface area contributed by atoms with Gasteiger partial charge in [0.2, 0.25) is 0 Å². The lowest BCUT2D eigenvalue weighted by molar-refractivity contribution is 0.330. The number of hydrogen-bond donors (Lipinski definition) is 0. The second-order valence-electron chi connectivity index (χ2n) is 4.32. The molecule has 88 valence electrons. The summed E-state index contributed by atoms with van der Waals surface area (Å²) in [6.45, 7) is 2.15. The summed E-state index contributed by atoms with van der Waals surface area (Å²) >= 11 is 0. The van der Waals surface area contributed by atoms with Crippen molar-refractivity contribution in [2.75, 3.05) is 27.8 Å². The number of methoxy groups -OCH3 is 2. The molecule has 0 saturated heterocycles. The summed E-state index contributed by atoms with van der Waals surface area (Å²) in [7, 11) is 5.53. The van der Waals surface area contributed by atoms with Crippen molar-refractivity contribution in [1.29, 1.82) is 0 Å². The SMILES string of the molecule is COc1cc2c(cc1OC)CN(C)CCC2. The third-order valence-corrected chi connectivity index (χ3v) is 3.13. The van der Waals surface area contributed by atoms with E-state index in [1.165, 1.54) is 17.5 Å². The minimum absolute atomic E-state index is 0.830. The van der Waals surface area contributed by atoms with E-state index in [0.717, 1.165) is 31.0 Å². The van der Waals surface area contributed by atoms with Gasteiger partial charge in [0.05, 0.1) is 14.2 Å². The van der Waals surface area contributed by atoms with E-state index in [0.29, 0.717) is 0 Å². The molecule has 3 nitrogen and oxygen atoms in total. The van der Waals surface area contributed by atoms with Crippen LogP contribution in [0.15, 0.2) is 12.1 Å². The molecular formula is C13H19NO2. The second-order valence-corrected chi connectivity index (χ2v) is 4.32. The molecule has 1 heterocycles. The Hall–Kier alpha value is -1.22.